The van der Waals surface area contributed by atoms with Crippen molar-refractivity contribution in [3.05, 3.63) is 59.4 Å². The van der Waals surface area contributed by atoms with E-state index in [4.69, 9.17) is 5.14 Å². The summed E-state index contributed by atoms with van der Waals surface area (Å²) in [5.41, 5.74) is 4.21. The Morgan fingerprint density at radius 3 is 2.59 bits per heavy atom. The zero-order valence-corrected chi connectivity index (χ0v) is 19.0. The van der Waals surface area contributed by atoms with Crippen LogP contribution in [0.3, 0.4) is 0 Å². The Kier molecular flexibility index (Phi) is 6.59. The third-order valence-corrected chi connectivity index (χ3v) is 6.91. The van der Waals surface area contributed by atoms with Crippen molar-refractivity contribution >= 4 is 27.0 Å². The van der Waals surface area contributed by atoms with Crippen LogP contribution in [0.2, 0.25) is 0 Å². The predicted octanol–water partition coefficient (Wildman–Crippen LogP) is 2.09. The number of nitrogens with two attached hydrogens (primary N) is 1. The number of carbonyl (C=O) groups is 1. The minimum atomic E-state index is -3.68. The third-order valence-electron chi connectivity index (χ3n) is 5.98. The lowest BCUT2D eigenvalue weighted by molar-refractivity contribution is -0.126. The van der Waals surface area contributed by atoms with Crippen LogP contribution in [0.5, 0.6) is 0 Å². The van der Waals surface area contributed by atoms with E-state index in [0.717, 1.165) is 54.9 Å². The predicted molar refractivity (Wildman–Crippen MR) is 123 cm³/mol. The minimum absolute atomic E-state index is 0.0225. The zero-order valence-electron chi connectivity index (χ0n) is 18.2. The highest BCUT2D eigenvalue weighted by Crippen LogP contribution is 2.20. The van der Waals surface area contributed by atoms with Crippen LogP contribution in [-0.2, 0) is 27.8 Å². The highest BCUT2D eigenvalue weighted by Gasteiger charge is 2.25. The van der Waals surface area contributed by atoms with E-state index < -0.39 is 10.0 Å². The first-order chi connectivity index (χ1) is 15.3. The second-order valence-corrected chi connectivity index (χ2v) is 10.0. The fourth-order valence-corrected chi connectivity index (χ4v) is 4.65. The molecule has 1 aliphatic rings. The van der Waals surface area contributed by atoms with Gasteiger partial charge in [0.15, 0.2) is 0 Å². The number of nitrogens with zero attached hydrogens (tertiary/aromatic N) is 2. The molecule has 170 valence electrons. The molecule has 0 atom stereocenters. The maximum Gasteiger partial charge on any atom is 0.238 e. The van der Waals surface area contributed by atoms with Gasteiger partial charge < -0.3 is 10.3 Å². The Hall–Kier alpha value is -2.75. The smallest absolute Gasteiger partial charge is 0.238 e. The number of primary sulfonamides is 1. The van der Waals surface area contributed by atoms with E-state index >= 15 is 0 Å². The molecule has 1 amide bonds. The zero-order chi connectivity index (χ0) is 22.7. The number of hydrogen-bond acceptors (Lipinski definition) is 5. The van der Waals surface area contributed by atoms with Crippen LogP contribution in [0.15, 0.2) is 47.4 Å². The molecule has 1 aromatic heterocycles. The first kappa shape index (κ1) is 22.4. The Labute approximate surface area is 188 Å². The first-order valence-electron chi connectivity index (χ1n) is 10.8. The summed E-state index contributed by atoms with van der Waals surface area (Å²) in [6.07, 6.45) is 2.30. The van der Waals surface area contributed by atoms with Crippen molar-refractivity contribution in [2.24, 2.45) is 11.1 Å². The van der Waals surface area contributed by atoms with Gasteiger partial charge in [-0.1, -0.05) is 18.2 Å². The molecule has 4 N–H and O–H groups in total. The molecule has 3 aromatic rings. The molecule has 2 aromatic carbocycles. The van der Waals surface area contributed by atoms with Gasteiger partial charge >= 0.3 is 0 Å². The summed E-state index contributed by atoms with van der Waals surface area (Å²) in [6.45, 7) is 5.08. The van der Waals surface area contributed by atoms with Crippen LogP contribution in [0.4, 0.5) is 0 Å². The van der Waals surface area contributed by atoms with Crippen LogP contribution >= 0.6 is 0 Å². The van der Waals surface area contributed by atoms with Gasteiger partial charge in [0, 0.05) is 12.5 Å². The Morgan fingerprint density at radius 2 is 1.91 bits per heavy atom. The number of imidazole rings is 1. The second-order valence-electron chi connectivity index (χ2n) is 8.48. The van der Waals surface area contributed by atoms with Crippen LogP contribution in [0.1, 0.15) is 29.8 Å². The number of likely N-dealkylation sites (tertiary alicyclic amines) is 1. The molecule has 32 heavy (non-hydrogen) atoms. The molecule has 8 nitrogen and oxygen atoms in total. The van der Waals surface area contributed by atoms with E-state index in [1.54, 1.807) is 12.1 Å². The first-order valence-corrected chi connectivity index (χ1v) is 12.4. The molecule has 4 rings (SSSR count). The van der Waals surface area contributed by atoms with Gasteiger partial charge in [-0.15, -0.1) is 0 Å². The number of aromatic nitrogens is 2. The minimum Gasteiger partial charge on any atom is -0.356 e. The molecule has 1 aliphatic heterocycles. The number of carbonyl (C=O) groups excluding carboxylic acids is 1. The summed E-state index contributed by atoms with van der Waals surface area (Å²) < 4.78 is 22.6. The van der Waals surface area contributed by atoms with Gasteiger partial charge in [0.05, 0.1) is 22.5 Å². The van der Waals surface area contributed by atoms with Crippen molar-refractivity contribution in [1.82, 2.24) is 20.2 Å². The van der Waals surface area contributed by atoms with Gasteiger partial charge in [0.2, 0.25) is 15.9 Å². The van der Waals surface area contributed by atoms with Gasteiger partial charge in [-0.05, 0) is 74.7 Å². The average Bonchev–Trinajstić information content (AvgIpc) is 3.15. The van der Waals surface area contributed by atoms with E-state index in [9.17, 15) is 13.2 Å². The molecule has 0 aliphatic carbocycles. The van der Waals surface area contributed by atoms with Crippen LogP contribution < -0.4 is 10.5 Å². The molecule has 2 heterocycles. The van der Waals surface area contributed by atoms with Gasteiger partial charge in [-0.3, -0.25) is 9.69 Å². The Balaban J connectivity index is 1.21. The molecule has 0 saturated carbocycles. The standard InChI is InChI=1S/C23H29N5O3S/c1-16-2-7-20-21(14-16)27-22(26-20)15-28-12-9-18(10-13-28)23(29)25-11-8-17-3-5-19(6-4-17)32(24,30)31/h2-7,14,18H,8-13,15H2,1H3,(H,25,29)(H,26,27)(H2,24,30,31). The number of fused-ring (bicyclic) bond motifs is 1. The summed E-state index contributed by atoms with van der Waals surface area (Å²) >= 11 is 0. The number of nitrogens with one attached hydrogen (secondary N) is 2. The normalized spacial score (nSPS) is 15.8. The number of aryl methyl sites for hydroxylation is 1. The molecule has 1 fully saturated rings. The third kappa shape index (κ3) is 5.53. The number of amides is 1. The van der Waals surface area contributed by atoms with Crippen molar-refractivity contribution in [3.63, 3.8) is 0 Å². The van der Waals surface area contributed by atoms with E-state index in [-0.39, 0.29) is 16.7 Å². The number of piperidine rings is 1. The average molecular weight is 456 g/mol. The van der Waals surface area contributed by atoms with Gasteiger partial charge in [-0.25, -0.2) is 18.5 Å². The lowest BCUT2D eigenvalue weighted by Gasteiger charge is -2.30. The highest BCUT2D eigenvalue weighted by molar-refractivity contribution is 7.89. The highest BCUT2D eigenvalue weighted by atomic mass is 32.2. The molecule has 0 bridgehead atoms. The number of benzene rings is 2. The largest absolute Gasteiger partial charge is 0.356 e. The summed E-state index contributed by atoms with van der Waals surface area (Å²) in [5, 5.41) is 8.13. The Morgan fingerprint density at radius 1 is 1.19 bits per heavy atom. The van der Waals surface area contributed by atoms with E-state index in [1.165, 1.54) is 17.7 Å². The Bertz CT molecular complexity index is 1200. The summed E-state index contributed by atoms with van der Waals surface area (Å²) in [4.78, 5) is 23.0. The number of aromatic amines is 1. The number of sulfonamides is 1. The monoisotopic (exact) mass is 455 g/mol. The SMILES string of the molecule is Cc1ccc2nc(CN3CCC(C(=O)NCCc4ccc(S(N)(=O)=O)cc4)CC3)[nH]c2c1. The molecule has 0 radical (unpaired) electrons. The van der Waals surface area contributed by atoms with Gasteiger partial charge in [-0.2, -0.15) is 0 Å². The van der Waals surface area contributed by atoms with Crippen molar-refractivity contribution in [2.45, 2.75) is 37.6 Å². The van der Waals surface area contributed by atoms with Crippen LogP contribution in [0.25, 0.3) is 11.0 Å². The van der Waals surface area contributed by atoms with E-state index in [1.807, 2.05) is 6.07 Å². The lowest BCUT2D eigenvalue weighted by atomic mass is 9.96. The second kappa shape index (κ2) is 9.40. The quantitative estimate of drug-likeness (QED) is 0.504. The maximum atomic E-state index is 12.5. The molecule has 0 spiro atoms. The molecular weight excluding hydrogens is 426 g/mol. The van der Waals surface area contributed by atoms with Crippen LogP contribution in [0, 0.1) is 12.8 Å². The fourth-order valence-electron chi connectivity index (χ4n) is 4.14. The number of hydrogen-bond donors (Lipinski definition) is 3. The fraction of sp³-hybridized carbons (Fsp3) is 0.391. The number of H-pyrrole nitrogens is 1. The molecule has 1 saturated heterocycles. The van der Waals surface area contributed by atoms with Crippen molar-refractivity contribution in [2.75, 3.05) is 19.6 Å². The molecule has 0 unspecified atom stereocenters. The van der Waals surface area contributed by atoms with Gasteiger partial charge in [0.25, 0.3) is 0 Å². The van der Waals surface area contributed by atoms with Crippen molar-refractivity contribution < 1.29 is 13.2 Å². The van der Waals surface area contributed by atoms with Crippen LogP contribution in [-0.4, -0.2) is 48.8 Å². The number of rotatable bonds is 7. The van der Waals surface area contributed by atoms with Crippen molar-refractivity contribution in [3.8, 4) is 0 Å². The summed E-state index contributed by atoms with van der Waals surface area (Å²) in [5.74, 6) is 1.07. The summed E-state index contributed by atoms with van der Waals surface area (Å²) in [6, 6.07) is 12.6. The molecule has 9 heteroatoms. The maximum absolute atomic E-state index is 12.5. The summed E-state index contributed by atoms with van der Waals surface area (Å²) in [7, 11) is -3.68. The van der Waals surface area contributed by atoms with Gasteiger partial charge in [0.1, 0.15) is 5.82 Å². The van der Waals surface area contributed by atoms with E-state index in [0.29, 0.717) is 13.0 Å². The van der Waals surface area contributed by atoms with E-state index in [2.05, 4.69) is 39.2 Å². The lowest BCUT2D eigenvalue weighted by Crippen LogP contribution is -2.40. The molecular formula is C23H29N5O3S. The topological polar surface area (TPSA) is 121 Å². The van der Waals surface area contributed by atoms with Crippen molar-refractivity contribution in [1.29, 1.82) is 0 Å².